The van der Waals surface area contributed by atoms with Crippen molar-refractivity contribution < 1.29 is 19.1 Å². The van der Waals surface area contributed by atoms with Crippen LogP contribution in [0.25, 0.3) is 0 Å². The molecule has 0 spiro atoms. The molecule has 1 saturated carbocycles. The van der Waals surface area contributed by atoms with E-state index in [9.17, 15) is 9.59 Å². The van der Waals surface area contributed by atoms with E-state index in [4.69, 9.17) is 20.9 Å². The van der Waals surface area contributed by atoms with Crippen molar-refractivity contribution in [2.24, 2.45) is 23.3 Å². The fourth-order valence-corrected chi connectivity index (χ4v) is 7.88. The van der Waals surface area contributed by atoms with Crippen LogP contribution in [0.5, 0.6) is 0 Å². The molecule has 4 N–H and O–H groups in total. The molecule has 2 amide bonds. The summed E-state index contributed by atoms with van der Waals surface area (Å²) in [7, 11) is 0. The van der Waals surface area contributed by atoms with Crippen molar-refractivity contribution in [2.75, 3.05) is 91.6 Å². The summed E-state index contributed by atoms with van der Waals surface area (Å²) in [6.07, 6.45) is 11.8. The number of carbonyl (C=O) groups is 2. The highest BCUT2D eigenvalue weighted by molar-refractivity contribution is 5.68. The molecule has 12 heteroatoms. The third-order valence-corrected chi connectivity index (χ3v) is 10.8. The van der Waals surface area contributed by atoms with Crippen molar-refractivity contribution in [2.45, 2.75) is 89.3 Å². The molecule has 0 radical (unpaired) electrons. The summed E-state index contributed by atoms with van der Waals surface area (Å²) in [5, 5.41) is 9.80. The van der Waals surface area contributed by atoms with Crippen LogP contribution in [0, 0.1) is 11.8 Å². The molecule has 0 aromatic rings. The molecule has 4 saturated heterocycles. The second kappa shape index (κ2) is 17.3. The Labute approximate surface area is 265 Å². The SMILES string of the molecule is NCCC1CCN(N2CCN(C(=O)O[C@H]3CCC[C@@H](OC(=O)N4CCN(N5CCC(CCN)CC5)CC4)CCC3)CC2)CC1. The third-order valence-electron chi connectivity index (χ3n) is 10.8. The van der Waals surface area contributed by atoms with Crippen LogP contribution in [-0.2, 0) is 9.47 Å². The Bertz CT molecular complexity index is 788. The van der Waals surface area contributed by atoms with Gasteiger partial charge >= 0.3 is 12.2 Å². The Hall–Kier alpha value is -1.70. The summed E-state index contributed by atoms with van der Waals surface area (Å²) in [5.74, 6) is 1.53. The largest absolute Gasteiger partial charge is 0.446 e. The zero-order chi connectivity index (χ0) is 30.7. The van der Waals surface area contributed by atoms with Gasteiger partial charge in [0, 0.05) is 78.5 Å². The van der Waals surface area contributed by atoms with Crippen LogP contribution < -0.4 is 11.5 Å². The van der Waals surface area contributed by atoms with Gasteiger partial charge in [-0.3, -0.25) is 0 Å². The van der Waals surface area contributed by atoms with Gasteiger partial charge in [0.15, 0.2) is 0 Å². The number of hydrogen-bond acceptors (Lipinski definition) is 10. The van der Waals surface area contributed by atoms with Crippen LogP contribution >= 0.6 is 0 Å². The first-order valence-electron chi connectivity index (χ1n) is 17.8. The minimum atomic E-state index is -0.168. The molecule has 0 atom stereocenters. The second-order valence-corrected chi connectivity index (χ2v) is 13.7. The van der Waals surface area contributed by atoms with E-state index >= 15 is 0 Å². The summed E-state index contributed by atoms with van der Waals surface area (Å²) < 4.78 is 12.0. The fraction of sp³-hybridized carbons (Fsp3) is 0.938. The maximum absolute atomic E-state index is 13.0. The molecule has 1 aliphatic carbocycles. The lowest BCUT2D eigenvalue weighted by Gasteiger charge is -2.44. The number of rotatable bonds is 8. The highest BCUT2D eigenvalue weighted by atomic mass is 16.6. The van der Waals surface area contributed by atoms with E-state index in [1.54, 1.807) is 0 Å². The lowest BCUT2D eigenvalue weighted by Crippen LogP contribution is -2.56. The van der Waals surface area contributed by atoms with Crippen LogP contribution in [0.1, 0.15) is 77.0 Å². The molecule has 5 fully saturated rings. The Kier molecular flexibility index (Phi) is 13.2. The summed E-state index contributed by atoms with van der Waals surface area (Å²) in [6.45, 7) is 12.3. The molecule has 0 bridgehead atoms. The standard InChI is InChI=1S/C32H60N8O4/c33-13-7-27-9-15-37(16-10-27)39-23-19-35(20-24-39)31(41)43-29-3-1-4-30(6-2-5-29)44-32(42)36-21-25-40(26-22-36)38-17-11-28(8-14-34)12-18-38/h27-30H,1-26,33-34H2/t29-,30+. The van der Waals surface area contributed by atoms with Crippen molar-refractivity contribution in [3.8, 4) is 0 Å². The van der Waals surface area contributed by atoms with Crippen LogP contribution in [0.2, 0.25) is 0 Å². The number of nitrogens with zero attached hydrogens (tertiary/aromatic N) is 6. The first kappa shape index (κ1) is 33.7. The smallest absolute Gasteiger partial charge is 0.410 e. The maximum Gasteiger partial charge on any atom is 0.410 e. The number of nitrogens with two attached hydrogens (primary N) is 2. The van der Waals surface area contributed by atoms with E-state index in [1.807, 2.05) is 9.80 Å². The van der Waals surface area contributed by atoms with Crippen molar-refractivity contribution >= 4 is 12.2 Å². The van der Waals surface area contributed by atoms with Crippen LogP contribution in [0.15, 0.2) is 0 Å². The summed E-state index contributed by atoms with van der Waals surface area (Å²) in [6, 6.07) is 0. The maximum atomic E-state index is 13.0. The monoisotopic (exact) mass is 620 g/mol. The third kappa shape index (κ3) is 9.65. The van der Waals surface area contributed by atoms with Crippen molar-refractivity contribution in [1.29, 1.82) is 0 Å². The number of hydrogen-bond donors (Lipinski definition) is 2. The van der Waals surface area contributed by atoms with Gasteiger partial charge < -0.3 is 30.7 Å². The quantitative estimate of drug-likeness (QED) is 0.418. The Morgan fingerprint density at radius 2 is 0.795 bits per heavy atom. The van der Waals surface area contributed by atoms with Gasteiger partial charge in [-0.25, -0.2) is 29.6 Å². The molecule has 12 nitrogen and oxygen atoms in total. The lowest BCUT2D eigenvalue weighted by molar-refractivity contribution is -0.0767. The molecule has 252 valence electrons. The van der Waals surface area contributed by atoms with E-state index in [0.29, 0.717) is 26.2 Å². The lowest BCUT2D eigenvalue weighted by atomic mass is 9.94. The van der Waals surface area contributed by atoms with Crippen LogP contribution in [0.4, 0.5) is 9.59 Å². The molecule has 4 aliphatic heterocycles. The molecule has 0 aromatic carbocycles. The van der Waals surface area contributed by atoms with Gasteiger partial charge in [-0.15, -0.1) is 0 Å². The number of hydrazine groups is 2. The molecular weight excluding hydrogens is 560 g/mol. The molecule has 4 heterocycles. The van der Waals surface area contributed by atoms with E-state index in [2.05, 4.69) is 20.0 Å². The van der Waals surface area contributed by atoms with E-state index in [1.165, 1.54) is 25.7 Å². The number of carbonyl (C=O) groups excluding carboxylic acids is 2. The molecule has 0 unspecified atom stereocenters. The number of piperazine rings is 2. The number of piperidine rings is 2. The minimum Gasteiger partial charge on any atom is -0.446 e. The summed E-state index contributed by atoms with van der Waals surface area (Å²) in [5.41, 5.74) is 11.5. The fourth-order valence-electron chi connectivity index (χ4n) is 7.88. The van der Waals surface area contributed by atoms with Gasteiger partial charge in [-0.05, 0) is 102 Å². The number of amides is 2. The molecular formula is C32H60N8O4. The van der Waals surface area contributed by atoms with E-state index < -0.39 is 0 Å². The van der Waals surface area contributed by atoms with Crippen LogP contribution in [-0.4, -0.2) is 146 Å². The highest BCUT2D eigenvalue weighted by Gasteiger charge is 2.32. The predicted molar refractivity (Wildman–Crippen MR) is 170 cm³/mol. The average Bonchev–Trinajstić information content (AvgIpc) is 3.04. The van der Waals surface area contributed by atoms with Gasteiger partial charge in [-0.1, -0.05) is 0 Å². The zero-order valence-corrected chi connectivity index (χ0v) is 27.2. The van der Waals surface area contributed by atoms with Crippen LogP contribution in [0.3, 0.4) is 0 Å². The first-order valence-corrected chi connectivity index (χ1v) is 17.8. The van der Waals surface area contributed by atoms with Crippen molar-refractivity contribution in [3.63, 3.8) is 0 Å². The Balaban J connectivity index is 0.942. The van der Waals surface area contributed by atoms with Gasteiger partial charge in [0.2, 0.25) is 0 Å². The van der Waals surface area contributed by atoms with Crippen molar-refractivity contribution in [3.05, 3.63) is 0 Å². The number of ether oxygens (including phenoxy) is 2. The first-order chi connectivity index (χ1) is 21.5. The molecule has 0 aromatic heterocycles. The van der Waals surface area contributed by atoms with Gasteiger partial charge in [0.1, 0.15) is 12.2 Å². The second-order valence-electron chi connectivity index (χ2n) is 13.7. The Morgan fingerprint density at radius 1 is 0.477 bits per heavy atom. The zero-order valence-electron chi connectivity index (χ0n) is 27.2. The van der Waals surface area contributed by atoms with Gasteiger partial charge in [-0.2, -0.15) is 0 Å². The molecule has 5 aliphatic rings. The highest BCUT2D eigenvalue weighted by Crippen LogP contribution is 2.26. The topological polar surface area (TPSA) is 124 Å². The summed E-state index contributed by atoms with van der Waals surface area (Å²) >= 11 is 0. The van der Waals surface area contributed by atoms with E-state index in [-0.39, 0.29) is 24.4 Å². The normalized spacial score (nSPS) is 28.4. The average molecular weight is 621 g/mol. The van der Waals surface area contributed by atoms with E-state index in [0.717, 1.165) is 129 Å². The Morgan fingerprint density at radius 3 is 1.11 bits per heavy atom. The van der Waals surface area contributed by atoms with Gasteiger partial charge in [0.25, 0.3) is 0 Å². The predicted octanol–water partition coefficient (Wildman–Crippen LogP) is 2.54. The summed E-state index contributed by atoms with van der Waals surface area (Å²) in [4.78, 5) is 29.7. The van der Waals surface area contributed by atoms with Crippen molar-refractivity contribution in [1.82, 2.24) is 29.8 Å². The minimum absolute atomic E-state index is 0.0489. The molecule has 5 rings (SSSR count). The molecule has 44 heavy (non-hydrogen) atoms. The van der Waals surface area contributed by atoms with Gasteiger partial charge in [0.05, 0.1) is 0 Å².